The molecule has 0 aliphatic carbocycles. The van der Waals surface area contributed by atoms with Gasteiger partial charge in [-0.1, -0.05) is 13.8 Å². The Morgan fingerprint density at radius 3 is 2.93 bits per heavy atom. The molecule has 0 aromatic carbocycles. The van der Waals surface area contributed by atoms with E-state index in [0.717, 1.165) is 18.7 Å². The van der Waals surface area contributed by atoms with E-state index in [1.54, 1.807) is 0 Å². The van der Waals surface area contributed by atoms with E-state index in [9.17, 15) is 0 Å². The van der Waals surface area contributed by atoms with Crippen molar-refractivity contribution in [2.45, 2.75) is 39.3 Å². The summed E-state index contributed by atoms with van der Waals surface area (Å²) in [6, 6.07) is 2.16. The highest BCUT2D eigenvalue weighted by atomic mass is 32.2. The van der Waals surface area contributed by atoms with Gasteiger partial charge >= 0.3 is 0 Å². The number of nitrogens with two attached hydrogens (primary N) is 1. The highest BCUT2D eigenvalue weighted by molar-refractivity contribution is 7.99. The highest BCUT2D eigenvalue weighted by Crippen LogP contribution is 2.16. The first-order chi connectivity index (χ1) is 7.29. The van der Waals surface area contributed by atoms with E-state index in [-0.39, 0.29) is 6.04 Å². The van der Waals surface area contributed by atoms with Gasteiger partial charge in [0, 0.05) is 18.5 Å². The van der Waals surface area contributed by atoms with Gasteiger partial charge in [0.15, 0.2) is 0 Å². The van der Waals surface area contributed by atoms with E-state index in [0.29, 0.717) is 0 Å². The fourth-order valence-electron chi connectivity index (χ4n) is 1.50. The maximum absolute atomic E-state index is 6.13. The Hall–Kier alpha value is -0.480. The zero-order valence-corrected chi connectivity index (χ0v) is 10.5. The van der Waals surface area contributed by atoms with Crippen LogP contribution in [0.3, 0.4) is 0 Å². The molecule has 1 atom stereocenters. The van der Waals surface area contributed by atoms with Gasteiger partial charge in [-0.05, 0) is 24.7 Å². The van der Waals surface area contributed by atoms with Crippen molar-refractivity contribution in [1.82, 2.24) is 9.78 Å². The number of aromatic nitrogens is 2. The summed E-state index contributed by atoms with van der Waals surface area (Å²) in [5.41, 5.74) is 7.30. The van der Waals surface area contributed by atoms with Crippen LogP contribution in [0.2, 0.25) is 0 Å². The molecule has 1 unspecified atom stereocenters. The average molecular weight is 227 g/mol. The fraction of sp³-hybridized carbons (Fsp3) is 0.727. The molecule has 0 fully saturated rings. The molecule has 2 N–H and O–H groups in total. The van der Waals surface area contributed by atoms with Crippen molar-refractivity contribution in [3.05, 3.63) is 18.0 Å². The third kappa shape index (κ3) is 3.87. The normalized spacial score (nSPS) is 13.0. The molecule has 0 spiro atoms. The molecule has 0 bridgehead atoms. The van der Waals surface area contributed by atoms with Gasteiger partial charge in [0.05, 0.1) is 11.7 Å². The minimum atomic E-state index is 0.121. The predicted octanol–water partition coefficient (Wildman–Crippen LogP) is 2.44. The Labute approximate surface area is 96.4 Å². The SMILES string of the molecule is CCCSCC(N)c1ccnn1CCC. The number of hydrogen-bond donors (Lipinski definition) is 1. The van der Waals surface area contributed by atoms with Crippen LogP contribution in [0.5, 0.6) is 0 Å². The van der Waals surface area contributed by atoms with E-state index >= 15 is 0 Å². The Bertz CT molecular complexity index is 273. The first-order valence-electron chi connectivity index (χ1n) is 5.64. The monoisotopic (exact) mass is 227 g/mol. The Morgan fingerprint density at radius 1 is 1.47 bits per heavy atom. The quantitative estimate of drug-likeness (QED) is 0.728. The summed E-state index contributed by atoms with van der Waals surface area (Å²) < 4.78 is 2.02. The summed E-state index contributed by atoms with van der Waals surface area (Å²) in [6.07, 6.45) is 4.16. The summed E-state index contributed by atoms with van der Waals surface area (Å²) >= 11 is 1.92. The summed E-state index contributed by atoms with van der Waals surface area (Å²) in [4.78, 5) is 0. The molecule has 3 nitrogen and oxygen atoms in total. The minimum absolute atomic E-state index is 0.121. The molecule has 0 aliphatic heterocycles. The first-order valence-corrected chi connectivity index (χ1v) is 6.80. The van der Waals surface area contributed by atoms with Crippen LogP contribution in [-0.2, 0) is 6.54 Å². The standard InChI is InChI=1S/C11H21N3S/c1-3-7-14-11(5-6-13-14)10(12)9-15-8-4-2/h5-6,10H,3-4,7-9,12H2,1-2H3. The minimum Gasteiger partial charge on any atom is -0.322 e. The second-order valence-electron chi connectivity index (χ2n) is 3.66. The molecular formula is C11H21N3S. The van der Waals surface area contributed by atoms with Crippen molar-refractivity contribution in [2.75, 3.05) is 11.5 Å². The molecule has 1 rings (SSSR count). The second-order valence-corrected chi connectivity index (χ2v) is 4.81. The van der Waals surface area contributed by atoms with Gasteiger partial charge in [0.2, 0.25) is 0 Å². The van der Waals surface area contributed by atoms with Crippen molar-refractivity contribution < 1.29 is 0 Å². The van der Waals surface area contributed by atoms with Gasteiger partial charge in [-0.15, -0.1) is 0 Å². The molecule has 86 valence electrons. The van der Waals surface area contributed by atoms with Gasteiger partial charge in [-0.3, -0.25) is 4.68 Å². The Kier molecular flexibility index (Phi) is 5.79. The lowest BCUT2D eigenvalue weighted by Crippen LogP contribution is -2.18. The maximum atomic E-state index is 6.13. The maximum Gasteiger partial charge on any atom is 0.0559 e. The lowest BCUT2D eigenvalue weighted by atomic mass is 10.2. The number of hydrogen-bond acceptors (Lipinski definition) is 3. The Balaban J connectivity index is 2.48. The van der Waals surface area contributed by atoms with Gasteiger partial charge < -0.3 is 5.73 Å². The second kappa shape index (κ2) is 6.90. The number of rotatable bonds is 7. The van der Waals surface area contributed by atoms with Crippen LogP contribution in [0.15, 0.2) is 12.3 Å². The van der Waals surface area contributed by atoms with Crippen molar-refractivity contribution in [2.24, 2.45) is 5.73 Å². The van der Waals surface area contributed by atoms with Crippen LogP contribution in [0.1, 0.15) is 38.4 Å². The summed E-state index contributed by atoms with van der Waals surface area (Å²) in [7, 11) is 0. The van der Waals surface area contributed by atoms with Gasteiger partial charge in [-0.2, -0.15) is 16.9 Å². The lowest BCUT2D eigenvalue weighted by molar-refractivity contribution is 0.554. The van der Waals surface area contributed by atoms with Gasteiger partial charge in [-0.25, -0.2) is 0 Å². The summed E-state index contributed by atoms with van der Waals surface area (Å²) in [6.45, 7) is 5.32. The van der Waals surface area contributed by atoms with Crippen LogP contribution in [0, 0.1) is 0 Å². The molecule has 1 heterocycles. The topological polar surface area (TPSA) is 43.8 Å². The van der Waals surface area contributed by atoms with E-state index in [4.69, 9.17) is 5.73 Å². The van der Waals surface area contributed by atoms with Crippen molar-refractivity contribution in [3.8, 4) is 0 Å². The molecule has 0 saturated heterocycles. The average Bonchev–Trinajstić information content (AvgIpc) is 2.67. The predicted molar refractivity (Wildman–Crippen MR) is 67.1 cm³/mol. The molecule has 0 amide bonds. The number of thioether (sulfide) groups is 1. The zero-order chi connectivity index (χ0) is 11.1. The largest absolute Gasteiger partial charge is 0.322 e. The smallest absolute Gasteiger partial charge is 0.0559 e. The van der Waals surface area contributed by atoms with Gasteiger partial charge in [0.25, 0.3) is 0 Å². The molecule has 15 heavy (non-hydrogen) atoms. The molecule has 0 aliphatic rings. The van der Waals surface area contributed by atoms with E-state index < -0.39 is 0 Å². The Morgan fingerprint density at radius 2 is 2.27 bits per heavy atom. The third-order valence-corrected chi connectivity index (χ3v) is 3.50. The van der Waals surface area contributed by atoms with Crippen LogP contribution >= 0.6 is 11.8 Å². The van der Waals surface area contributed by atoms with Gasteiger partial charge in [0.1, 0.15) is 0 Å². The van der Waals surface area contributed by atoms with Crippen LogP contribution in [0.4, 0.5) is 0 Å². The molecule has 1 aromatic heterocycles. The lowest BCUT2D eigenvalue weighted by Gasteiger charge is -2.13. The van der Waals surface area contributed by atoms with Crippen LogP contribution in [0.25, 0.3) is 0 Å². The van der Waals surface area contributed by atoms with Crippen molar-refractivity contribution in [3.63, 3.8) is 0 Å². The highest BCUT2D eigenvalue weighted by Gasteiger charge is 2.10. The van der Waals surface area contributed by atoms with Crippen LogP contribution in [-0.4, -0.2) is 21.3 Å². The number of nitrogens with zero attached hydrogens (tertiary/aromatic N) is 2. The summed E-state index contributed by atoms with van der Waals surface area (Å²) in [5.74, 6) is 2.18. The zero-order valence-electron chi connectivity index (χ0n) is 9.65. The third-order valence-electron chi connectivity index (χ3n) is 2.21. The molecule has 4 heteroatoms. The van der Waals surface area contributed by atoms with Crippen LogP contribution < -0.4 is 5.73 Å². The fourth-order valence-corrected chi connectivity index (χ4v) is 2.38. The first kappa shape index (κ1) is 12.6. The summed E-state index contributed by atoms with van der Waals surface area (Å²) in [5, 5.41) is 4.28. The molecule has 1 aromatic rings. The number of aryl methyl sites for hydroxylation is 1. The van der Waals surface area contributed by atoms with E-state index in [1.165, 1.54) is 17.9 Å². The van der Waals surface area contributed by atoms with E-state index in [2.05, 4.69) is 18.9 Å². The molecule has 0 radical (unpaired) electrons. The van der Waals surface area contributed by atoms with Crippen molar-refractivity contribution >= 4 is 11.8 Å². The van der Waals surface area contributed by atoms with Crippen molar-refractivity contribution in [1.29, 1.82) is 0 Å². The molecule has 0 saturated carbocycles. The van der Waals surface area contributed by atoms with E-state index in [1.807, 2.05) is 28.7 Å². The molecular weight excluding hydrogens is 206 g/mol.